The smallest absolute Gasteiger partial charge is 0.344 e. The first kappa shape index (κ1) is 19.8. The molecule has 1 aromatic heterocycles. The number of carbonyl (C=O) groups excluding carboxylic acids is 1. The van der Waals surface area contributed by atoms with Crippen LogP contribution in [0.3, 0.4) is 0 Å². The minimum atomic E-state index is -3.86. The Morgan fingerprint density at radius 3 is 2.57 bits per heavy atom. The molecule has 0 bridgehead atoms. The lowest BCUT2D eigenvalue weighted by atomic mass is 10.3. The molecular formula is C19H18N2O5S2. The summed E-state index contributed by atoms with van der Waals surface area (Å²) < 4.78 is 41.2. The van der Waals surface area contributed by atoms with Crippen molar-refractivity contribution in [2.24, 2.45) is 4.40 Å². The summed E-state index contributed by atoms with van der Waals surface area (Å²) in [6.45, 7) is 1.74. The molecule has 0 N–H and O–H groups in total. The number of thiazole rings is 1. The van der Waals surface area contributed by atoms with E-state index in [-0.39, 0.29) is 22.9 Å². The molecule has 0 unspecified atom stereocenters. The van der Waals surface area contributed by atoms with Crippen LogP contribution in [0.25, 0.3) is 5.69 Å². The number of carbonyl (C=O) groups is 1. The maximum Gasteiger partial charge on any atom is 0.344 e. The molecule has 0 saturated heterocycles. The molecule has 0 spiro atoms. The lowest BCUT2D eigenvalue weighted by molar-refractivity contribution is -0.145. The molecule has 0 aliphatic carbocycles. The monoisotopic (exact) mass is 418 g/mol. The van der Waals surface area contributed by atoms with Crippen LogP contribution in [0.2, 0.25) is 0 Å². The van der Waals surface area contributed by atoms with Crippen LogP contribution in [0.4, 0.5) is 0 Å². The Kier molecular flexibility index (Phi) is 6.27. The first-order chi connectivity index (χ1) is 13.5. The number of esters is 1. The van der Waals surface area contributed by atoms with Gasteiger partial charge in [0.1, 0.15) is 5.75 Å². The van der Waals surface area contributed by atoms with Crippen LogP contribution in [-0.2, 0) is 19.6 Å². The molecule has 146 valence electrons. The van der Waals surface area contributed by atoms with Gasteiger partial charge in [0.25, 0.3) is 10.0 Å². The lowest BCUT2D eigenvalue weighted by Crippen LogP contribution is -2.18. The molecule has 3 rings (SSSR count). The average Bonchev–Trinajstić information content (AvgIpc) is 3.15. The topological polar surface area (TPSA) is 87.0 Å². The van der Waals surface area contributed by atoms with Crippen molar-refractivity contribution in [1.29, 1.82) is 0 Å². The van der Waals surface area contributed by atoms with Gasteiger partial charge in [-0.25, -0.2) is 4.79 Å². The molecule has 3 aromatic rings. The molecule has 7 nitrogen and oxygen atoms in total. The fourth-order valence-corrected chi connectivity index (χ4v) is 4.33. The number of para-hydroxylation sites is 2. The molecular weight excluding hydrogens is 400 g/mol. The molecule has 0 saturated carbocycles. The van der Waals surface area contributed by atoms with Crippen molar-refractivity contribution >= 4 is 27.3 Å². The first-order valence-electron chi connectivity index (χ1n) is 8.41. The highest BCUT2D eigenvalue weighted by atomic mass is 32.2. The van der Waals surface area contributed by atoms with E-state index in [0.717, 1.165) is 0 Å². The Labute approximate surface area is 166 Å². The quantitative estimate of drug-likeness (QED) is 0.551. The minimum Gasteiger partial charge on any atom is -0.480 e. The van der Waals surface area contributed by atoms with Gasteiger partial charge in [-0.3, -0.25) is 4.57 Å². The number of benzene rings is 2. The summed E-state index contributed by atoms with van der Waals surface area (Å²) in [6.07, 6.45) is 1.69. The maximum atomic E-state index is 12.6. The zero-order valence-electron chi connectivity index (χ0n) is 15.0. The number of nitrogens with zero attached hydrogens (tertiary/aromatic N) is 2. The van der Waals surface area contributed by atoms with Crippen LogP contribution in [0.5, 0.6) is 5.75 Å². The second-order valence-corrected chi connectivity index (χ2v) is 7.97. The van der Waals surface area contributed by atoms with Gasteiger partial charge >= 0.3 is 5.97 Å². The Morgan fingerprint density at radius 2 is 1.82 bits per heavy atom. The van der Waals surface area contributed by atoms with Crippen molar-refractivity contribution in [2.75, 3.05) is 13.2 Å². The van der Waals surface area contributed by atoms with E-state index in [9.17, 15) is 13.2 Å². The van der Waals surface area contributed by atoms with Crippen LogP contribution < -0.4 is 9.54 Å². The van der Waals surface area contributed by atoms with Gasteiger partial charge in [0.2, 0.25) is 4.80 Å². The summed E-state index contributed by atoms with van der Waals surface area (Å²) in [5, 5.41) is 1.72. The number of sulfonamides is 1. The highest BCUT2D eigenvalue weighted by Gasteiger charge is 2.14. The number of hydrogen-bond acceptors (Lipinski definition) is 6. The summed E-state index contributed by atoms with van der Waals surface area (Å²) in [7, 11) is -3.86. The largest absolute Gasteiger partial charge is 0.480 e. The van der Waals surface area contributed by atoms with Crippen molar-refractivity contribution in [1.82, 2.24) is 4.57 Å². The number of hydrogen-bond donors (Lipinski definition) is 0. The van der Waals surface area contributed by atoms with Crippen molar-refractivity contribution in [3.63, 3.8) is 0 Å². The molecule has 2 aromatic carbocycles. The van der Waals surface area contributed by atoms with Crippen molar-refractivity contribution in [3.8, 4) is 11.4 Å². The van der Waals surface area contributed by atoms with Crippen molar-refractivity contribution in [2.45, 2.75) is 11.8 Å². The summed E-state index contributed by atoms with van der Waals surface area (Å²) >= 11 is 1.18. The summed E-state index contributed by atoms with van der Waals surface area (Å²) in [5.74, 6) is -0.0725. The second-order valence-electron chi connectivity index (χ2n) is 5.50. The Hall–Kier alpha value is -2.91. The van der Waals surface area contributed by atoms with E-state index in [2.05, 4.69) is 4.40 Å². The molecule has 0 amide bonds. The maximum absolute atomic E-state index is 12.6. The van der Waals surface area contributed by atoms with Gasteiger partial charge in [-0.2, -0.15) is 8.42 Å². The van der Waals surface area contributed by atoms with Gasteiger partial charge in [0, 0.05) is 11.6 Å². The zero-order valence-corrected chi connectivity index (χ0v) is 16.7. The molecule has 9 heteroatoms. The van der Waals surface area contributed by atoms with E-state index in [1.807, 2.05) is 0 Å². The third kappa shape index (κ3) is 4.68. The standard InChI is InChI=1S/C19H18N2O5S2/c1-2-25-18(22)14-26-17-11-7-6-10-16(17)21-12-13-27-19(21)20-28(23,24)15-8-4-3-5-9-15/h3-13H,2,14H2,1H3/b20-19+. The third-order valence-corrected chi connectivity index (χ3v) is 5.76. The Balaban J connectivity index is 1.98. The van der Waals surface area contributed by atoms with E-state index in [0.29, 0.717) is 11.4 Å². The van der Waals surface area contributed by atoms with E-state index in [4.69, 9.17) is 9.47 Å². The van der Waals surface area contributed by atoms with Gasteiger partial charge in [-0.05, 0) is 31.2 Å². The first-order valence-corrected chi connectivity index (χ1v) is 10.7. The highest BCUT2D eigenvalue weighted by molar-refractivity contribution is 7.90. The van der Waals surface area contributed by atoms with Crippen LogP contribution >= 0.6 is 11.3 Å². The van der Waals surface area contributed by atoms with Crippen LogP contribution in [0, 0.1) is 0 Å². The molecule has 0 fully saturated rings. The van der Waals surface area contributed by atoms with E-state index in [1.165, 1.54) is 23.5 Å². The van der Waals surface area contributed by atoms with Gasteiger partial charge in [-0.1, -0.05) is 30.3 Å². The fourth-order valence-electron chi connectivity index (χ4n) is 2.39. The normalized spacial score (nSPS) is 12.0. The van der Waals surface area contributed by atoms with E-state index >= 15 is 0 Å². The molecule has 0 atom stereocenters. The predicted octanol–water partition coefficient (Wildman–Crippen LogP) is 2.77. The van der Waals surface area contributed by atoms with Crippen LogP contribution in [-0.4, -0.2) is 32.2 Å². The number of aromatic nitrogens is 1. The number of ether oxygens (including phenoxy) is 2. The Bertz CT molecular complexity index is 1120. The lowest BCUT2D eigenvalue weighted by Gasteiger charge is -2.11. The summed E-state index contributed by atoms with van der Waals surface area (Å²) in [6, 6.07) is 15.0. The minimum absolute atomic E-state index is 0.113. The SMILES string of the molecule is CCOC(=O)COc1ccccc1-n1ccs/c1=N/S(=O)(=O)c1ccccc1. The molecule has 0 aliphatic heterocycles. The summed E-state index contributed by atoms with van der Waals surface area (Å²) in [4.78, 5) is 11.9. The fraction of sp³-hybridized carbons (Fsp3) is 0.158. The predicted molar refractivity (Wildman–Crippen MR) is 105 cm³/mol. The number of rotatable bonds is 7. The van der Waals surface area contributed by atoms with Crippen LogP contribution in [0.15, 0.2) is 75.5 Å². The zero-order chi connectivity index (χ0) is 20.0. The second kappa shape index (κ2) is 8.85. The van der Waals surface area contributed by atoms with Gasteiger partial charge in [-0.15, -0.1) is 15.7 Å². The molecule has 28 heavy (non-hydrogen) atoms. The van der Waals surface area contributed by atoms with Crippen molar-refractivity contribution < 1.29 is 22.7 Å². The van der Waals surface area contributed by atoms with E-state index in [1.54, 1.807) is 65.5 Å². The van der Waals surface area contributed by atoms with Crippen LogP contribution in [0.1, 0.15) is 6.92 Å². The Morgan fingerprint density at radius 1 is 1.11 bits per heavy atom. The van der Waals surface area contributed by atoms with Gasteiger partial charge in [0.05, 0.1) is 17.2 Å². The summed E-state index contributed by atoms with van der Waals surface area (Å²) in [5.41, 5.74) is 0.565. The molecule has 1 heterocycles. The highest BCUT2D eigenvalue weighted by Crippen LogP contribution is 2.22. The van der Waals surface area contributed by atoms with Gasteiger partial charge < -0.3 is 9.47 Å². The molecule has 0 radical (unpaired) electrons. The van der Waals surface area contributed by atoms with Gasteiger partial charge in [0.15, 0.2) is 6.61 Å². The van der Waals surface area contributed by atoms with E-state index < -0.39 is 16.0 Å². The third-order valence-electron chi connectivity index (χ3n) is 3.60. The van der Waals surface area contributed by atoms with Crippen molar-refractivity contribution in [3.05, 3.63) is 71.0 Å². The average molecular weight is 418 g/mol. The molecule has 0 aliphatic rings.